The summed E-state index contributed by atoms with van der Waals surface area (Å²) in [4.78, 5) is 34.9. The van der Waals surface area contributed by atoms with Gasteiger partial charge in [0.1, 0.15) is 0 Å². The maximum absolute atomic E-state index is 12.2. The molecule has 0 heterocycles. The highest BCUT2D eigenvalue weighted by Crippen LogP contribution is 2.28. The Kier molecular flexibility index (Phi) is 6.66. The molecule has 3 aromatic rings. The lowest BCUT2D eigenvalue weighted by atomic mass is 10.2. The number of ether oxygens (including phenoxy) is 1. The fourth-order valence-corrected chi connectivity index (χ4v) is 2.84. The second-order valence-corrected chi connectivity index (χ2v) is 6.86. The number of esters is 1. The number of carbonyl (C=O) groups excluding carboxylic acids is 2. The molecule has 0 radical (unpaired) electrons. The van der Waals surface area contributed by atoms with E-state index in [2.05, 4.69) is 26.5 Å². The zero-order chi connectivity index (χ0) is 21.5. The molecule has 0 saturated heterocycles. The van der Waals surface area contributed by atoms with Gasteiger partial charge in [-0.05, 0) is 42.5 Å². The molecule has 9 heteroatoms. The minimum atomic E-state index is -0.707. The summed E-state index contributed by atoms with van der Waals surface area (Å²) in [5, 5.41) is 15.2. The summed E-state index contributed by atoms with van der Waals surface area (Å²) in [6, 6.07) is 18.9. The van der Waals surface area contributed by atoms with E-state index in [9.17, 15) is 19.7 Å². The van der Waals surface area contributed by atoms with Gasteiger partial charge in [-0.1, -0.05) is 40.2 Å². The Hall–Kier alpha value is -3.85. The lowest BCUT2D eigenvalue weighted by Gasteiger charge is -2.06. The van der Waals surface area contributed by atoms with Crippen molar-refractivity contribution < 1.29 is 19.2 Å². The normalized spacial score (nSPS) is 10.6. The van der Waals surface area contributed by atoms with Crippen LogP contribution in [0.25, 0.3) is 0 Å². The molecule has 30 heavy (non-hydrogen) atoms. The molecule has 0 aliphatic heterocycles. The molecule has 0 bridgehead atoms. The van der Waals surface area contributed by atoms with Crippen LogP contribution >= 0.6 is 15.9 Å². The van der Waals surface area contributed by atoms with Crippen LogP contribution in [0.4, 0.5) is 5.69 Å². The Labute approximate surface area is 179 Å². The summed E-state index contributed by atoms with van der Waals surface area (Å²) in [5.74, 6) is -1.33. The van der Waals surface area contributed by atoms with E-state index in [1.54, 1.807) is 54.6 Å². The van der Waals surface area contributed by atoms with E-state index in [0.717, 1.165) is 4.47 Å². The SMILES string of the molecule is O=C(N/N=C\c1ccc(OC(=O)c2ccccc2)c([N+](=O)[O-])c1)c1cccc(Br)c1. The third-order valence-corrected chi connectivity index (χ3v) is 4.35. The number of halogens is 1. The lowest BCUT2D eigenvalue weighted by Crippen LogP contribution is -2.17. The van der Waals surface area contributed by atoms with Crippen LogP contribution in [0.2, 0.25) is 0 Å². The molecule has 0 atom stereocenters. The first-order valence-corrected chi connectivity index (χ1v) is 9.38. The molecule has 150 valence electrons. The molecular weight excluding hydrogens is 454 g/mol. The summed E-state index contributed by atoms with van der Waals surface area (Å²) >= 11 is 3.28. The summed E-state index contributed by atoms with van der Waals surface area (Å²) in [6.45, 7) is 0. The Bertz CT molecular complexity index is 1130. The van der Waals surface area contributed by atoms with Crippen LogP contribution in [-0.4, -0.2) is 23.0 Å². The first-order chi connectivity index (χ1) is 14.4. The zero-order valence-corrected chi connectivity index (χ0v) is 16.9. The van der Waals surface area contributed by atoms with Crippen LogP contribution in [0, 0.1) is 10.1 Å². The van der Waals surface area contributed by atoms with Crippen molar-refractivity contribution in [2.75, 3.05) is 0 Å². The summed E-state index contributed by atoms with van der Waals surface area (Å²) < 4.78 is 5.91. The first kappa shape index (κ1) is 20.9. The van der Waals surface area contributed by atoms with Crippen molar-refractivity contribution in [3.05, 3.63) is 104 Å². The molecule has 1 N–H and O–H groups in total. The standard InChI is InChI=1S/C21H14BrN3O5/c22-17-8-4-7-16(12-17)20(26)24-23-13-14-9-10-19(18(11-14)25(28)29)30-21(27)15-5-2-1-3-6-15/h1-13H,(H,24,26)/b23-13-. The Morgan fingerprint density at radius 3 is 2.43 bits per heavy atom. The highest BCUT2D eigenvalue weighted by atomic mass is 79.9. The number of nitro groups is 1. The first-order valence-electron chi connectivity index (χ1n) is 8.58. The van der Waals surface area contributed by atoms with Gasteiger partial charge in [-0.15, -0.1) is 0 Å². The van der Waals surface area contributed by atoms with Crippen molar-refractivity contribution in [2.45, 2.75) is 0 Å². The van der Waals surface area contributed by atoms with Gasteiger partial charge in [-0.2, -0.15) is 5.10 Å². The van der Waals surface area contributed by atoms with Crippen molar-refractivity contribution in [1.82, 2.24) is 5.43 Å². The molecule has 0 spiro atoms. The number of hydrazone groups is 1. The molecule has 3 aromatic carbocycles. The molecular formula is C21H14BrN3O5. The average molecular weight is 468 g/mol. The van der Waals surface area contributed by atoms with E-state index in [1.165, 1.54) is 24.4 Å². The molecule has 0 aromatic heterocycles. The third kappa shape index (κ3) is 5.36. The van der Waals surface area contributed by atoms with E-state index >= 15 is 0 Å². The van der Waals surface area contributed by atoms with Crippen LogP contribution in [0.5, 0.6) is 5.75 Å². The monoisotopic (exact) mass is 467 g/mol. The number of amides is 1. The van der Waals surface area contributed by atoms with Crippen molar-refractivity contribution in [1.29, 1.82) is 0 Å². The summed E-state index contributed by atoms with van der Waals surface area (Å²) in [6.07, 6.45) is 1.26. The molecule has 0 saturated carbocycles. The number of benzene rings is 3. The topological polar surface area (TPSA) is 111 Å². The zero-order valence-electron chi connectivity index (χ0n) is 15.3. The van der Waals surface area contributed by atoms with Crippen molar-refractivity contribution in [3.8, 4) is 5.75 Å². The highest BCUT2D eigenvalue weighted by Gasteiger charge is 2.19. The quantitative estimate of drug-likeness (QED) is 0.190. The minimum absolute atomic E-state index is 0.191. The number of nitro benzene ring substituents is 1. The second kappa shape index (κ2) is 9.57. The number of hydrogen-bond acceptors (Lipinski definition) is 6. The van der Waals surface area contributed by atoms with Gasteiger partial charge < -0.3 is 4.74 Å². The maximum Gasteiger partial charge on any atom is 0.343 e. The van der Waals surface area contributed by atoms with Crippen molar-refractivity contribution in [2.24, 2.45) is 5.10 Å². The van der Waals surface area contributed by atoms with E-state index < -0.39 is 22.5 Å². The van der Waals surface area contributed by atoms with Crippen LogP contribution in [-0.2, 0) is 0 Å². The molecule has 0 fully saturated rings. The molecule has 3 rings (SSSR count). The van der Waals surface area contributed by atoms with Gasteiger partial charge in [0, 0.05) is 21.7 Å². The van der Waals surface area contributed by atoms with Gasteiger partial charge in [0.2, 0.25) is 5.75 Å². The van der Waals surface area contributed by atoms with Gasteiger partial charge in [-0.25, -0.2) is 10.2 Å². The van der Waals surface area contributed by atoms with E-state index in [4.69, 9.17) is 4.74 Å². The van der Waals surface area contributed by atoms with Gasteiger partial charge in [0.25, 0.3) is 5.91 Å². The molecule has 8 nitrogen and oxygen atoms in total. The fraction of sp³-hybridized carbons (Fsp3) is 0. The molecule has 0 aliphatic carbocycles. The molecule has 0 aliphatic rings. The third-order valence-electron chi connectivity index (χ3n) is 3.86. The number of rotatable bonds is 6. The minimum Gasteiger partial charge on any atom is -0.416 e. The predicted octanol–water partition coefficient (Wildman–Crippen LogP) is 4.34. The van der Waals surface area contributed by atoms with Gasteiger partial charge in [-0.3, -0.25) is 14.9 Å². The van der Waals surface area contributed by atoms with Crippen LogP contribution in [0.1, 0.15) is 26.3 Å². The Morgan fingerprint density at radius 2 is 1.73 bits per heavy atom. The van der Waals surface area contributed by atoms with Crippen LogP contribution < -0.4 is 10.2 Å². The number of nitrogens with zero attached hydrogens (tertiary/aromatic N) is 2. The van der Waals surface area contributed by atoms with Gasteiger partial charge in [0.05, 0.1) is 16.7 Å². The van der Waals surface area contributed by atoms with Crippen LogP contribution in [0.15, 0.2) is 82.4 Å². The summed E-state index contributed by atoms with van der Waals surface area (Å²) in [5.41, 5.74) is 2.96. The smallest absolute Gasteiger partial charge is 0.343 e. The maximum atomic E-state index is 12.2. The van der Waals surface area contributed by atoms with Crippen molar-refractivity contribution >= 4 is 39.7 Å². The lowest BCUT2D eigenvalue weighted by molar-refractivity contribution is -0.385. The Morgan fingerprint density at radius 1 is 1.00 bits per heavy atom. The van der Waals surface area contributed by atoms with Crippen LogP contribution in [0.3, 0.4) is 0 Å². The second-order valence-electron chi connectivity index (χ2n) is 5.95. The van der Waals surface area contributed by atoms with E-state index in [-0.39, 0.29) is 11.3 Å². The largest absolute Gasteiger partial charge is 0.416 e. The van der Waals surface area contributed by atoms with Gasteiger partial charge >= 0.3 is 11.7 Å². The summed E-state index contributed by atoms with van der Waals surface area (Å²) in [7, 11) is 0. The fourth-order valence-electron chi connectivity index (χ4n) is 2.44. The Balaban J connectivity index is 1.73. The van der Waals surface area contributed by atoms with E-state index in [1.807, 2.05) is 0 Å². The average Bonchev–Trinajstić information content (AvgIpc) is 2.75. The number of hydrogen-bond donors (Lipinski definition) is 1. The number of carbonyl (C=O) groups is 2. The van der Waals surface area contributed by atoms with Gasteiger partial charge in [0.15, 0.2) is 0 Å². The molecule has 0 unspecified atom stereocenters. The predicted molar refractivity (Wildman–Crippen MR) is 114 cm³/mol. The molecule has 1 amide bonds. The van der Waals surface area contributed by atoms with E-state index in [0.29, 0.717) is 11.1 Å². The highest BCUT2D eigenvalue weighted by molar-refractivity contribution is 9.10. The number of nitrogens with one attached hydrogen (secondary N) is 1. The van der Waals surface area contributed by atoms with Crippen molar-refractivity contribution in [3.63, 3.8) is 0 Å².